The molecule has 1 aliphatic rings. The minimum absolute atomic E-state index is 0.238. The number of nitrogens with zero attached hydrogens (tertiary/aromatic N) is 1. The first-order valence-electron chi connectivity index (χ1n) is 4.28. The van der Waals surface area contributed by atoms with Gasteiger partial charge in [0.05, 0.1) is 0 Å². The largest absolute Gasteiger partial charge is 0.447 e. The maximum Gasteiger partial charge on any atom is 0.417 e. The standard InChI is InChI=1S/C10H9NO3/c12-7-11-9(6-14-10(11)13)8-4-2-1-3-5-8/h1-5,7,9H,6H2. The number of benzene rings is 1. The predicted octanol–water partition coefficient (Wildman–Crippen LogP) is 1.34. The van der Waals surface area contributed by atoms with E-state index in [1.807, 2.05) is 30.3 Å². The summed E-state index contributed by atoms with van der Waals surface area (Å²) in [5.41, 5.74) is 0.908. The molecule has 1 aliphatic heterocycles. The average Bonchev–Trinajstić information content (AvgIpc) is 2.61. The number of rotatable bonds is 2. The molecule has 0 aromatic heterocycles. The van der Waals surface area contributed by atoms with Gasteiger partial charge in [-0.05, 0) is 5.56 Å². The Kier molecular flexibility index (Phi) is 2.18. The molecule has 0 N–H and O–H groups in total. The van der Waals surface area contributed by atoms with E-state index in [-0.39, 0.29) is 12.6 Å². The lowest BCUT2D eigenvalue weighted by Gasteiger charge is -2.14. The molecular weight excluding hydrogens is 182 g/mol. The molecule has 0 spiro atoms. The highest BCUT2D eigenvalue weighted by Crippen LogP contribution is 2.25. The van der Waals surface area contributed by atoms with E-state index in [1.54, 1.807) is 0 Å². The highest BCUT2D eigenvalue weighted by molar-refractivity contribution is 5.82. The molecule has 14 heavy (non-hydrogen) atoms. The first kappa shape index (κ1) is 8.74. The molecule has 4 nitrogen and oxygen atoms in total. The van der Waals surface area contributed by atoms with Crippen molar-refractivity contribution < 1.29 is 14.3 Å². The van der Waals surface area contributed by atoms with Crippen molar-refractivity contribution in [2.75, 3.05) is 6.61 Å². The van der Waals surface area contributed by atoms with Gasteiger partial charge in [0.1, 0.15) is 12.6 Å². The Morgan fingerprint density at radius 2 is 2.07 bits per heavy atom. The molecule has 0 saturated carbocycles. The maximum atomic E-state index is 11.1. The van der Waals surface area contributed by atoms with Crippen molar-refractivity contribution in [3.05, 3.63) is 35.9 Å². The van der Waals surface area contributed by atoms with Gasteiger partial charge in [0.2, 0.25) is 6.41 Å². The van der Waals surface area contributed by atoms with Gasteiger partial charge in [-0.25, -0.2) is 9.69 Å². The van der Waals surface area contributed by atoms with Gasteiger partial charge in [-0.2, -0.15) is 0 Å². The van der Waals surface area contributed by atoms with E-state index in [0.717, 1.165) is 10.5 Å². The van der Waals surface area contributed by atoms with Crippen LogP contribution in [0.2, 0.25) is 0 Å². The lowest BCUT2D eigenvalue weighted by atomic mass is 10.1. The number of cyclic esters (lactones) is 1. The second-order valence-corrected chi connectivity index (χ2v) is 3.02. The van der Waals surface area contributed by atoms with Crippen molar-refractivity contribution in [3.63, 3.8) is 0 Å². The van der Waals surface area contributed by atoms with Crippen LogP contribution in [0, 0.1) is 0 Å². The molecule has 0 bridgehead atoms. The highest BCUT2D eigenvalue weighted by atomic mass is 16.6. The molecule has 2 rings (SSSR count). The summed E-state index contributed by atoms with van der Waals surface area (Å²) in [7, 11) is 0. The average molecular weight is 191 g/mol. The van der Waals surface area contributed by atoms with Crippen molar-refractivity contribution in [3.8, 4) is 0 Å². The summed E-state index contributed by atoms with van der Waals surface area (Å²) in [5.74, 6) is 0. The highest BCUT2D eigenvalue weighted by Gasteiger charge is 2.33. The minimum atomic E-state index is -0.575. The zero-order valence-electron chi connectivity index (χ0n) is 7.42. The Labute approximate surface area is 81.1 Å². The van der Waals surface area contributed by atoms with Crippen LogP contribution in [-0.2, 0) is 9.53 Å². The molecule has 1 fully saturated rings. The van der Waals surface area contributed by atoms with Crippen molar-refractivity contribution >= 4 is 12.5 Å². The molecule has 1 unspecified atom stereocenters. The fourth-order valence-electron chi connectivity index (χ4n) is 1.48. The number of hydrogen-bond acceptors (Lipinski definition) is 3. The SMILES string of the molecule is O=CN1C(=O)OCC1c1ccccc1. The number of imide groups is 1. The van der Waals surface area contributed by atoms with Gasteiger partial charge < -0.3 is 4.74 Å². The van der Waals surface area contributed by atoms with Crippen LogP contribution in [0.1, 0.15) is 11.6 Å². The van der Waals surface area contributed by atoms with Crippen LogP contribution in [0.4, 0.5) is 4.79 Å². The van der Waals surface area contributed by atoms with E-state index in [9.17, 15) is 9.59 Å². The fourth-order valence-corrected chi connectivity index (χ4v) is 1.48. The van der Waals surface area contributed by atoms with Gasteiger partial charge in [-0.15, -0.1) is 0 Å². The Morgan fingerprint density at radius 3 is 2.71 bits per heavy atom. The molecule has 1 atom stereocenters. The van der Waals surface area contributed by atoms with E-state index in [0.29, 0.717) is 6.41 Å². The third kappa shape index (κ3) is 1.35. The van der Waals surface area contributed by atoms with Gasteiger partial charge in [0.15, 0.2) is 0 Å². The van der Waals surface area contributed by atoms with E-state index in [1.165, 1.54) is 0 Å². The van der Waals surface area contributed by atoms with Crippen LogP contribution in [0.15, 0.2) is 30.3 Å². The molecule has 1 saturated heterocycles. The van der Waals surface area contributed by atoms with Gasteiger partial charge in [0.25, 0.3) is 0 Å². The Morgan fingerprint density at radius 1 is 1.36 bits per heavy atom. The van der Waals surface area contributed by atoms with Gasteiger partial charge in [-0.1, -0.05) is 30.3 Å². The Bertz CT molecular complexity index is 350. The van der Waals surface area contributed by atoms with Crippen LogP contribution < -0.4 is 0 Å². The van der Waals surface area contributed by atoms with Crippen molar-refractivity contribution in [1.82, 2.24) is 4.90 Å². The number of hydrogen-bond donors (Lipinski definition) is 0. The van der Waals surface area contributed by atoms with E-state index < -0.39 is 6.09 Å². The monoisotopic (exact) mass is 191 g/mol. The first-order chi connectivity index (χ1) is 6.83. The van der Waals surface area contributed by atoms with Crippen LogP contribution in [-0.4, -0.2) is 24.0 Å². The normalized spacial score (nSPS) is 20.7. The lowest BCUT2D eigenvalue weighted by Crippen LogP contribution is -2.25. The fraction of sp³-hybridized carbons (Fsp3) is 0.200. The predicted molar refractivity (Wildman–Crippen MR) is 48.4 cm³/mol. The third-order valence-electron chi connectivity index (χ3n) is 2.21. The Balaban J connectivity index is 2.27. The topological polar surface area (TPSA) is 46.6 Å². The molecule has 72 valence electrons. The number of amides is 2. The molecule has 2 amide bonds. The maximum absolute atomic E-state index is 11.1. The molecule has 1 aromatic rings. The molecule has 0 aliphatic carbocycles. The van der Waals surface area contributed by atoms with Gasteiger partial charge >= 0.3 is 6.09 Å². The smallest absolute Gasteiger partial charge is 0.417 e. The summed E-state index contributed by atoms with van der Waals surface area (Å²) in [4.78, 5) is 22.8. The second-order valence-electron chi connectivity index (χ2n) is 3.02. The molecule has 1 heterocycles. The molecule has 1 aromatic carbocycles. The summed E-state index contributed by atoms with van der Waals surface area (Å²) in [6.07, 6.45) is -0.0682. The summed E-state index contributed by atoms with van der Waals surface area (Å²) < 4.78 is 4.78. The quantitative estimate of drug-likeness (QED) is 0.662. The summed E-state index contributed by atoms with van der Waals surface area (Å²) in [6.45, 7) is 0.238. The van der Waals surface area contributed by atoms with E-state index in [2.05, 4.69) is 0 Å². The van der Waals surface area contributed by atoms with Crippen molar-refractivity contribution in [1.29, 1.82) is 0 Å². The molecular formula is C10H9NO3. The zero-order chi connectivity index (χ0) is 9.97. The Hall–Kier alpha value is -1.84. The minimum Gasteiger partial charge on any atom is -0.447 e. The number of ether oxygens (including phenoxy) is 1. The van der Waals surface area contributed by atoms with Crippen LogP contribution in [0.25, 0.3) is 0 Å². The van der Waals surface area contributed by atoms with E-state index in [4.69, 9.17) is 4.74 Å². The van der Waals surface area contributed by atoms with Gasteiger partial charge in [-0.3, -0.25) is 4.79 Å². The second kappa shape index (κ2) is 3.49. The van der Waals surface area contributed by atoms with Crippen molar-refractivity contribution in [2.24, 2.45) is 0 Å². The van der Waals surface area contributed by atoms with Gasteiger partial charge in [0, 0.05) is 0 Å². The third-order valence-corrected chi connectivity index (χ3v) is 2.21. The molecule has 4 heteroatoms. The van der Waals surface area contributed by atoms with Crippen molar-refractivity contribution in [2.45, 2.75) is 6.04 Å². The summed E-state index contributed by atoms with van der Waals surface area (Å²) in [6, 6.07) is 9.06. The first-order valence-corrected chi connectivity index (χ1v) is 4.28. The lowest BCUT2D eigenvalue weighted by molar-refractivity contribution is -0.116. The van der Waals surface area contributed by atoms with Crippen LogP contribution >= 0.6 is 0 Å². The van der Waals surface area contributed by atoms with Crippen LogP contribution in [0.3, 0.4) is 0 Å². The number of carbonyl (C=O) groups excluding carboxylic acids is 2. The number of carbonyl (C=O) groups is 2. The van der Waals surface area contributed by atoms with Crippen LogP contribution in [0.5, 0.6) is 0 Å². The van der Waals surface area contributed by atoms with E-state index >= 15 is 0 Å². The zero-order valence-corrected chi connectivity index (χ0v) is 7.42. The molecule has 0 radical (unpaired) electrons. The summed E-state index contributed by atoms with van der Waals surface area (Å²) in [5, 5.41) is 0. The summed E-state index contributed by atoms with van der Waals surface area (Å²) >= 11 is 0.